The Kier molecular flexibility index (Phi) is 5.71. The first-order valence-corrected chi connectivity index (χ1v) is 8.53. The Morgan fingerprint density at radius 1 is 0.929 bits per heavy atom. The van der Waals surface area contributed by atoms with E-state index in [1.54, 1.807) is 18.2 Å². The van der Waals surface area contributed by atoms with Crippen LogP contribution in [0.25, 0.3) is 0 Å². The van der Waals surface area contributed by atoms with Crippen LogP contribution in [0.1, 0.15) is 5.56 Å². The van der Waals surface area contributed by atoms with Crippen molar-refractivity contribution in [3.8, 4) is 5.75 Å². The summed E-state index contributed by atoms with van der Waals surface area (Å²) in [7, 11) is 0. The summed E-state index contributed by atoms with van der Waals surface area (Å²) in [5.41, 5.74) is 0.000823. The third kappa shape index (κ3) is 3.88. The van der Waals surface area contributed by atoms with Crippen LogP contribution in [-0.4, -0.2) is 43.6 Å². The summed E-state index contributed by atoms with van der Waals surface area (Å²) in [6, 6.07) is 7.15. The second-order valence-electron chi connectivity index (χ2n) is 6.39. The maximum Gasteiger partial charge on any atom is 0.260 e. The highest BCUT2D eigenvalue weighted by molar-refractivity contribution is 5.78. The van der Waals surface area contributed by atoms with Crippen LogP contribution in [0.5, 0.6) is 5.75 Å². The fourth-order valence-electron chi connectivity index (χ4n) is 2.99. The normalized spacial score (nSPS) is 14.4. The largest absolute Gasteiger partial charge is 0.484 e. The number of carbonyl (C=O) groups is 1. The van der Waals surface area contributed by atoms with Gasteiger partial charge in [-0.05, 0) is 24.6 Å². The Morgan fingerprint density at radius 2 is 1.50 bits per heavy atom. The number of benzene rings is 2. The molecule has 1 aliphatic rings. The lowest BCUT2D eigenvalue weighted by atomic mass is 10.2. The van der Waals surface area contributed by atoms with Gasteiger partial charge in [-0.15, -0.1) is 0 Å². The summed E-state index contributed by atoms with van der Waals surface area (Å²) in [6.45, 7) is 1.65. The van der Waals surface area contributed by atoms with Gasteiger partial charge in [-0.3, -0.25) is 4.79 Å². The van der Waals surface area contributed by atoms with Crippen molar-refractivity contribution in [1.29, 1.82) is 0 Å². The van der Waals surface area contributed by atoms with E-state index < -0.39 is 34.8 Å². The van der Waals surface area contributed by atoms with Crippen molar-refractivity contribution in [3.63, 3.8) is 0 Å². The first kappa shape index (κ1) is 19.9. The number of halogens is 5. The van der Waals surface area contributed by atoms with Crippen molar-refractivity contribution >= 4 is 11.6 Å². The van der Waals surface area contributed by atoms with Crippen LogP contribution in [-0.2, 0) is 4.79 Å². The third-order valence-electron chi connectivity index (χ3n) is 4.49. The number of piperazine rings is 1. The Bertz CT molecular complexity index is 869. The van der Waals surface area contributed by atoms with Gasteiger partial charge in [0.2, 0.25) is 5.82 Å². The number of ether oxygens (including phenoxy) is 1. The molecule has 4 nitrogen and oxygen atoms in total. The van der Waals surface area contributed by atoms with E-state index in [4.69, 9.17) is 4.74 Å². The number of anilines is 1. The smallest absolute Gasteiger partial charge is 0.260 e. The molecule has 1 heterocycles. The molecule has 0 N–H and O–H groups in total. The minimum atomic E-state index is -2.19. The molecule has 2 aromatic rings. The summed E-state index contributed by atoms with van der Waals surface area (Å²) in [5, 5.41) is 0. The Balaban J connectivity index is 1.62. The van der Waals surface area contributed by atoms with E-state index in [2.05, 4.69) is 0 Å². The molecular weight excluding hydrogens is 383 g/mol. The average Bonchev–Trinajstić information content (AvgIpc) is 2.70. The maximum absolute atomic E-state index is 13.9. The van der Waals surface area contributed by atoms with E-state index in [1.165, 1.54) is 4.90 Å². The van der Waals surface area contributed by atoms with Crippen LogP contribution >= 0.6 is 0 Å². The van der Waals surface area contributed by atoms with E-state index in [0.717, 1.165) is 10.5 Å². The third-order valence-corrected chi connectivity index (χ3v) is 4.49. The number of aryl methyl sites for hydroxylation is 1. The molecule has 1 fully saturated rings. The van der Waals surface area contributed by atoms with Gasteiger partial charge in [-0.2, -0.15) is 0 Å². The molecule has 0 spiro atoms. The summed E-state index contributed by atoms with van der Waals surface area (Å²) < 4.78 is 73.2. The fourth-order valence-corrected chi connectivity index (χ4v) is 2.99. The quantitative estimate of drug-likeness (QED) is 0.448. The van der Waals surface area contributed by atoms with Gasteiger partial charge in [0.05, 0.1) is 0 Å². The summed E-state index contributed by atoms with van der Waals surface area (Å²) >= 11 is 0. The van der Waals surface area contributed by atoms with Crippen LogP contribution in [0, 0.1) is 36.0 Å². The minimum absolute atomic E-state index is 0.0650. The predicted octanol–water partition coefficient (Wildman–Crippen LogP) is 3.42. The molecule has 3 rings (SSSR count). The second kappa shape index (κ2) is 8.04. The van der Waals surface area contributed by atoms with Gasteiger partial charge in [0.25, 0.3) is 5.91 Å². The van der Waals surface area contributed by atoms with Crippen LogP contribution in [0.3, 0.4) is 0 Å². The van der Waals surface area contributed by atoms with E-state index >= 15 is 0 Å². The van der Waals surface area contributed by atoms with Crippen molar-refractivity contribution in [2.24, 2.45) is 0 Å². The summed E-state index contributed by atoms with van der Waals surface area (Å²) in [5.74, 6) is -9.72. The van der Waals surface area contributed by atoms with Gasteiger partial charge in [-0.25, -0.2) is 22.0 Å². The van der Waals surface area contributed by atoms with E-state index in [0.29, 0.717) is 5.75 Å². The number of nitrogens with zero attached hydrogens (tertiary/aromatic N) is 2. The first-order valence-electron chi connectivity index (χ1n) is 8.53. The van der Waals surface area contributed by atoms with Crippen LogP contribution in [0.4, 0.5) is 27.6 Å². The highest BCUT2D eigenvalue weighted by atomic mass is 19.2. The predicted molar refractivity (Wildman–Crippen MR) is 91.7 cm³/mol. The number of rotatable bonds is 4. The molecule has 1 saturated heterocycles. The van der Waals surface area contributed by atoms with E-state index in [1.807, 2.05) is 13.0 Å². The molecule has 28 heavy (non-hydrogen) atoms. The van der Waals surface area contributed by atoms with Crippen LogP contribution < -0.4 is 9.64 Å². The van der Waals surface area contributed by atoms with Crippen molar-refractivity contribution in [1.82, 2.24) is 4.90 Å². The molecule has 1 aliphatic heterocycles. The van der Waals surface area contributed by atoms with Gasteiger partial charge in [0, 0.05) is 26.2 Å². The number of carbonyl (C=O) groups excluding carboxylic acids is 1. The van der Waals surface area contributed by atoms with Gasteiger partial charge in [0.15, 0.2) is 29.9 Å². The van der Waals surface area contributed by atoms with Gasteiger partial charge in [-0.1, -0.05) is 12.1 Å². The molecular formula is C19H17F5N2O2. The van der Waals surface area contributed by atoms with E-state index in [-0.39, 0.29) is 38.7 Å². The van der Waals surface area contributed by atoms with Crippen molar-refractivity contribution in [3.05, 3.63) is 58.9 Å². The molecule has 150 valence electrons. The summed E-state index contributed by atoms with van der Waals surface area (Å²) in [6.07, 6.45) is 0. The van der Waals surface area contributed by atoms with E-state index in [9.17, 15) is 26.7 Å². The first-order chi connectivity index (χ1) is 13.3. The maximum atomic E-state index is 13.9. The van der Waals surface area contributed by atoms with Crippen molar-refractivity contribution in [2.75, 3.05) is 37.7 Å². The number of hydrogen-bond acceptors (Lipinski definition) is 3. The zero-order chi connectivity index (χ0) is 20.4. The second-order valence-corrected chi connectivity index (χ2v) is 6.39. The summed E-state index contributed by atoms with van der Waals surface area (Å²) in [4.78, 5) is 14.7. The topological polar surface area (TPSA) is 32.8 Å². The molecule has 0 unspecified atom stereocenters. The van der Waals surface area contributed by atoms with Crippen LogP contribution in [0.15, 0.2) is 24.3 Å². The molecule has 9 heteroatoms. The lowest BCUT2D eigenvalue weighted by molar-refractivity contribution is -0.133. The van der Waals surface area contributed by atoms with Gasteiger partial charge >= 0.3 is 0 Å². The number of amides is 1. The highest BCUT2D eigenvalue weighted by Gasteiger charge is 2.31. The molecule has 0 atom stereocenters. The fraction of sp³-hybridized carbons (Fsp3) is 0.316. The monoisotopic (exact) mass is 400 g/mol. The molecule has 0 aromatic heterocycles. The Morgan fingerprint density at radius 3 is 2.07 bits per heavy atom. The van der Waals surface area contributed by atoms with Crippen molar-refractivity contribution in [2.45, 2.75) is 6.92 Å². The molecule has 1 amide bonds. The van der Waals surface area contributed by atoms with Crippen LogP contribution in [0.2, 0.25) is 0 Å². The lowest BCUT2D eigenvalue weighted by Crippen LogP contribution is -2.50. The van der Waals surface area contributed by atoms with Gasteiger partial charge in [0.1, 0.15) is 11.4 Å². The highest BCUT2D eigenvalue weighted by Crippen LogP contribution is 2.30. The average molecular weight is 400 g/mol. The molecule has 0 radical (unpaired) electrons. The molecule has 0 bridgehead atoms. The van der Waals surface area contributed by atoms with Crippen molar-refractivity contribution < 1.29 is 31.5 Å². The number of hydrogen-bond donors (Lipinski definition) is 0. The zero-order valence-electron chi connectivity index (χ0n) is 14.9. The van der Waals surface area contributed by atoms with Gasteiger partial charge < -0.3 is 14.5 Å². The Labute approximate surface area is 158 Å². The molecule has 2 aromatic carbocycles. The standard InChI is InChI=1S/C19H17F5N2O2/c1-11-3-2-4-12(9-11)28-10-13(27)25-5-7-26(8-6-25)19-17(23)15(21)14(20)16(22)18(19)24/h2-4,9H,5-8,10H2,1H3. The minimum Gasteiger partial charge on any atom is -0.484 e. The zero-order valence-corrected chi connectivity index (χ0v) is 14.9. The lowest BCUT2D eigenvalue weighted by Gasteiger charge is -2.36. The molecule has 0 saturated carbocycles. The Hall–Kier alpha value is -2.84. The molecule has 0 aliphatic carbocycles. The SMILES string of the molecule is Cc1cccc(OCC(=O)N2CCN(c3c(F)c(F)c(F)c(F)c3F)CC2)c1.